The molecule has 0 saturated carbocycles. The number of anilines is 1. The topological polar surface area (TPSA) is 35.2 Å². The Labute approximate surface area is 107 Å². The van der Waals surface area contributed by atoms with Gasteiger partial charge in [-0.3, -0.25) is 0 Å². The predicted molar refractivity (Wildman–Crippen MR) is 71.4 cm³/mol. The maximum absolute atomic E-state index is 5.87. The third kappa shape index (κ3) is 3.07. The summed E-state index contributed by atoms with van der Waals surface area (Å²) in [6, 6.07) is 9.94. The Kier molecular flexibility index (Phi) is 3.98. The number of thiophene rings is 1. The summed E-state index contributed by atoms with van der Waals surface area (Å²) in [5, 5.41) is 2.05. The smallest absolute Gasteiger partial charge is 0.0813 e. The lowest BCUT2D eigenvalue weighted by molar-refractivity contribution is 0.109. The van der Waals surface area contributed by atoms with Gasteiger partial charge in [0.1, 0.15) is 0 Å². The number of benzene rings is 1. The molecule has 0 aliphatic rings. The van der Waals surface area contributed by atoms with Crippen LogP contribution in [0.25, 0.3) is 0 Å². The number of hydrogen-bond acceptors (Lipinski definition) is 3. The van der Waals surface area contributed by atoms with Gasteiger partial charge in [-0.2, -0.15) is 0 Å². The van der Waals surface area contributed by atoms with Crippen LogP contribution in [0.15, 0.2) is 40.2 Å². The predicted octanol–water partition coefficient (Wildman–Crippen LogP) is 3.81. The first-order valence-corrected chi connectivity index (χ1v) is 6.57. The van der Waals surface area contributed by atoms with Crippen LogP contribution in [-0.2, 0) is 18.0 Å². The average molecular weight is 298 g/mol. The van der Waals surface area contributed by atoms with Gasteiger partial charge in [-0.25, -0.2) is 0 Å². The van der Waals surface area contributed by atoms with Crippen molar-refractivity contribution in [2.75, 3.05) is 5.73 Å². The summed E-state index contributed by atoms with van der Waals surface area (Å²) in [4.78, 5) is 1.23. The van der Waals surface area contributed by atoms with Gasteiger partial charge < -0.3 is 10.5 Å². The molecular formula is C12H12BrNOS. The molecule has 2 nitrogen and oxygen atoms in total. The summed E-state index contributed by atoms with van der Waals surface area (Å²) in [7, 11) is 0. The lowest BCUT2D eigenvalue weighted by Crippen LogP contribution is -1.97. The van der Waals surface area contributed by atoms with E-state index in [9.17, 15) is 0 Å². The molecule has 0 unspecified atom stereocenters. The van der Waals surface area contributed by atoms with Gasteiger partial charge in [0.15, 0.2) is 0 Å². The molecule has 0 amide bonds. The first-order valence-electron chi connectivity index (χ1n) is 4.90. The largest absolute Gasteiger partial charge is 0.398 e. The van der Waals surface area contributed by atoms with E-state index in [0.717, 1.165) is 15.7 Å². The lowest BCUT2D eigenvalue weighted by Gasteiger charge is -2.06. The molecule has 0 aliphatic carbocycles. The van der Waals surface area contributed by atoms with Crippen molar-refractivity contribution in [2.24, 2.45) is 0 Å². The van der Waals surface area contributed by atoms with E-state index in [1.165, 1.54) is 4.88 Å². The molecule has 0 radical (unpaired) electrons. The van der Waals surface area contributed by atoms with Crippen molar-refractivity contribution in [3.63, 3.8) is 0 Å². The van der Waals surface area contributed by atoms with Crippen LogP contribution in [0.1, 0.15) is 10.4 Å². The van der Waals surface area contributed by atoms with Gasteiger partial charge in [0.2, 0.25) is 0 Å². The third-order valence-corrected chi connectivity index (χ3v) is 3.53. The van der Waals surface area contributed by atoms with Crippen molar-refractivity contribution in [1.29, 1.82) is 0 Å². The molecule has 4 heteroatoms. The Hall–Kier alpha value is -0.840. The standard InChI is InChI=1S/C12H12BrNOS/c13-10-4-3-9(12(14)6-10)7-15-8-11-2-1-5-16-11/h1-6H,7-8,14H2. The molecule has 1 heterocycles. The SMILES string of the molecule is Nc1cc(Br)ccc1COCc1cccs1. The van der Waals surface area contributed by atoms with Crippen LogP contribution in [0.5, 0.6) is 0 Å². The van der Waals surface area contributed by atoms with E-state index >= 15 is 0 Å². The molecule has 2 rings (SSSR count). The second-order valence-corrected chi connectivity index (χ2v) is 5.36. The van der Waals surface area contributed by atoms with Crippen LogP contribution in [0.4, 0.5) is 5.69 Å². The zero-order chi connectivity index (χ0) is 11.4. The molecule has 0 spiro atoms. The van der Waals surface area contributed by atoms with Crippen molar-refractivity contribution < 1.29 is 4.74 Å². The molecule has 0 saturated heterocycles. The summed E-state index contributed by atoms with van der Waals surface area (Å²) < 4.78 is 6.59. The highest BCUT2D eigenvalue weighted by molar-refractivity contribution is 9.10. The molecular weight excluding hydrogens is 286 g/mol. The maximum atomic E-state index is 5.87. The molecule has 0 bridgehead atoms. The molecule has 1 aromatic heterocycles. The van der Waals surface area contributed by atoms with Gasteiger partial charge in [0.05, 0.1) is 13.2 Å². The average Bonchev–Trinajstić information content (AvgIpc) is 2.74. The van der Waals surface area contributed by atoms with Crippen LogP contribution >= 0.6 is 27.3 Å². The van der Waals surface area contributed by atoms with Crippen LogP contribution in [0.2, 0.25) is 0 Å². The molecule has 2 aromatic rings. The van der Waals surface area contributed by atoms with Gasteiger partial charge >= 0.3 is 0 Å². The number of halogens is 1. The van der Waals surface area contributed by atoms with E-state index in [1.807, 2.05) is 29.6 Å². The summed E-state index contributed by atoms with van der Waals surface area (Å²) in [5.74, 6) is 0. The number of ether oxygens (including phenoxy) is 1. The summed E-state index contributed by atoms with van der Waals surface area (Å²) in [6.07, 6.45) is 0. The second-order valence-electron chi connectivity index (χ2n) is 3.42. The quantitative estimate of drug-likeness (QED) is 0.871. The fourth-order valence-corrected chi connectivity index (χ4v) is 2.37. The summed E-state index contributed by atoms with van der Waals surface area (Å²) >= 11 is 5.08. The maximum Gasteiger partial charge on any atom is 0.0813 e. The fraction of sp³-hybridized carbons (Fsp3) is 0.167. The minimum atomic E-state index is 0.553. The molecule has 16 heavy (non-hydrogen) atoms. The fourth-order valence-electron chi connectivity index (χ4n) is 1.35. The van der Waals surface area contributed by atoms with Gasteiger partial charge in [-0.1, -0.05) is 28.1 Å². The van der Waals surface area contributed by atoms with Crippen LogP contribution in [-0.4, -0.2) is 0 Å². The van der Waals surface area contributed by atoms with Crippen molar-refractivity contribution >= 4 is 33.0 Å². The highest BCUT2D eigenvalue weighted by atomic mass is 79.9. The zero-order valence-electron chi connectivity index (χ0n) is 8.65. The van der Waals surface area contributed by atoms with E-state index in [0.29, 0.717) is 13.2 Å². The number of nitrogens with two attached hydrogens (primary N) is 1. The highest BCUT2D eigenvalue weighted by Gasteiger charge is 2.00. The zero-order valence-corrected chi connectivity index (χ0v) is 11.1. The monoisotopic (exact) mass is 297 g/mol. The molecule has 84 valence electrons. The summed E-state index contributed by atoms with van der Waals surface area (Å²) in [6.45, 7) is 1.20. The number of rotatable bonds is 4. The minimum Gasteiger partial charge on any atom is -0.398 e. The van der Waals surface area contributed by atoms with Gasteiger partial charge in [-0.15, -0.1) is 11.3 Å². The van der Waals surface area contributed by atoms with Crippen LogP contribution in [0, 0.1) is 0 Å². The summed E-state index contributed by atoms with van der Waals surface area (Å²) in [5.41, 5.74) is 7.67. The van der Waals surface area contributed by atoms with Crippen LogP contribution < -0.4 is 5.73 Å². The van der Waals surface area contributed by atoms with Crippen molar-refractivity contribution in [3.8, 4) is 0 Å². The van der Waals surface area contributed by atoms with Gasteiger partial charge in [0, 0.05) is 20.6 Å². The third-order valence-electron chi connectivity index (χ3n) is 2.19. The lowest BCUT2D eigenvalue weighted by atomic mass is 10.2. The Morgan fingerprint density at radius 2 is 2.12 bits per heavy atom. The molecule has 0 aliphatic heterocycles. The number of hydrogen-bond donors (Lipinski definition) is 1. The van der Waals surface area contributed by atoms with Gasteiger partial charge in [0.25, 0.3) is 0 Å². The first kappa shape index (κ1) is 11.6. The van der Waals surface area contributed by atoms with E-state index in [2.05, 4.69) is 22.0 Å². The van der Waals surface area contributed by atoms with E-state index in [4.69, 9.17) is 10.5 Å². The van der Waals surface area contributed by atoms with Crippen molar-refractivity contribution in [3.05, 3.63) is 50.6 Å². The van der Waals surface area contributed by atoms with Crippen molar-refractivity contribution in [1.82, 2.24) is 0 Å². The molecule has 2 N–H and O–H groups in total. The minimum absolute atomic E-state index is 0.553. The normalized spacial score (nSPS) is 10.6. The highest BCUT2D eigenvalue weighted by Crippen LogP contribution is 2.20. The molecule has 1 aromatic carbocycles. The van der Waals surface area contributed by atoms with E-state index < -0.39 is 0 Å². The molecule has 0 atom stereocenters. The first-order chi connectivity index (χ1) is 7.75. The van der Waals surface area contributed by atoms with Crippen LogP contribution in [0.3, 0.4) is 0 Å². The van der Waals surface area contributed by atoms with Gasteiger partial charge in [-0.05, 0) is 23.6 Å². The second kappa shape index (κ2) is 5.48. The Balaban J connectivity index is 1.90. The Morgan fingerprint density at radius 1 is 1.25 bits per heavy atom. The van der Waals surface area contributed by atoms with Crippen molar-refractivity contribution in [2.45, 2.75) is 13.2 Å². The Bertz CT molecular complexity index is 456. The van der Waals surface area contributed by atoms with E-state index in [1.54, 1.807) is 11.3 Å². The van der Waals surface area contributed by atoms with E-state index in [-0.39, 0.29) is 0 Å². The Morgan fingerprint density at radius 3 is 2.81 bits per heavy atom. The number of nitrogen functional groups attached to an aromatic ring is 1. The molecule has 0 fully saturated rings.